The molecule has 0 radical (unpaired) electrons. The van der Waals surface area contributed by atoms with Crippen molar-refractivity contribution >= 4 is 49.9 Å². The number of halogens is 2. The number of H-pyrrole nitrogens is 1. The molecule has 0 aliphatic carbocycles. The molecule has 2 aromatic heterocycles. The summed E-state index contributed by atoms with van der Waals surface area (Å²) in [4.78, 5) is 7.98. The Kier molecular flexibility index (Phi) is 2.89. The zero-order valence-electron chi connectivity index (χ0n) is 8.98. The van der Waals surface area contributed by atoms with Crippen molar-refractivity contribution in [3.8, 4) is 0 Å². The van der Waals surface area contributed by atoms with Gasteiger partial charge in [-0.15, -0.1) is 0 Å². The zero-order chi connectivity index (χ0) is 12.5. The molecule has 0 saturated heterocycles. The summed E-state index contributed by atoms with van der Waals surface area (Å²) in [6.45, 7) is 0. The molecule has 3 rings (SSSR count). The van der Waals surface area contributed by atoms with Gasteiger partial charge in [-0.1, -0.05) is 0 Å². The summed E-state index contributed by atoms with van der Waals surface area (Å²) in [6, 6.07) is 5.85. The second kappa shape index (κ2) is 4.55. The number of benzene rings is 1. The summed E-state index contributed by atoms with van der Waals surface area (Å²) in [5.74, 6) is 0.623. The molecule has 2 heterocycles. The van der Waals surface area contributed by atoms with E-state index in [1.807, 2.05) is 18.2 Å². The maximum absolute atomic E-state index is 5.76. The predicted octanol–water partition coefficient (Wildman–Crippen LogP) is 3.51. The van der Waals surface area contributed by atoms with Crippen LogP contribution in [0, 0.1) is 0 Å². The third-order valence-corrected chi connectivity index (χ3v) is 3.18. The Morgan fingerprint density at radius 2 is 2.17 bits per heavy atom. The van der Waals surface area contributed by atoms with Crippen molar-refractivity contribution < 1.29 is 0 Å². The van der Waals surface area contributed by atoms with Crippen molar-refractivity contribution in [1.29, 1.82) is 0 Å². The van der Waals surface area contributed by atoms with Crippen molar-refractivity contribution in [2.24, 2.45) is 0 Å². The summed E-state index contributed by atoms with van der Waals surface area (Å²) in [7, 11) is 0. The fourth-order valence-electron chi connectivity index (χ4n) is 1.59. The van der Waals surface area contributed by atoms with Gasteiger partial charge in [0.1, 0.15) is 5.82 Å². The third-order valence-electron chi connectivity index (χ3n) is 2.42. The van der Waals surface area contributed by atoms with Crippen LogP contribution in [0.4, 0.5) is 11.5 Å². The fourth-order valence-corrected chi connectivity index (χ4v) is 2.01. The van der Waals surface area contributed by atoms with E-state index in [0.717, 1.165) is 21.1 Å². The Labute approximate surface area is 116 Å². The van der Waals surface area contributed by atoms with Gasteiger partial charge >= 0.3 is 0 Å². The Bertz CT molecular complexity index is 711. The molecule has 0 saturated carbocycles. The van der Waals surface area contributed by atoms with Crippen LogP contribution in [0.5, 0.6) is 0 Å². The summed E-state index contributed by atoms with van der Waals surface area (Å²) < 4.78 is 0.749. The molecule has 0 spiro atoms. The number of hydrogen-bond acceptors (Lipinski definition) is 4. The Balaban J connectivity index is 1.97. The van der Waals surface area contributed by atoms with Gasteiger partial charge < -0.3 is 5.32 Å². The van der Waals surface area contributed by atoms with Crippen LogP contribution in [0.1, 0.15) is 0 Å². The van der Waals surface area contributed by atoms with E-state index in [-0.39, 0.29) is 5.28 Å². The average molecular weight is 325 g/mol. The molecule has 0 aliphatic rings. The highest BCUT2D eigenvalue weighted by molar-refractivity contribution is 9.10. The van der Waals surface area contributed by atoms with E-state index in [9.17, 15) is 0 Å². The lowest BCUT2D eigenvalue weighted by atomic mass is 10.2. The van der Waals surface area contributed by atoms with Crippen molar-refractivity contribution in [3.05, 3.63) is 40.3 Å². The van der Waals surface area contributed by atoms with E-state index in [2.05, 4.69) is 41.4 Å². The topological polar surface area (TPSA) is 66.5 Å². The van der Waals surface area contributed by atoms with Crippen LogP contribution in [0.3, 0.4) is 0 Å². The molecule has 0 atom stereocenters. The monoisotopic (exact) mass is 323 g/mol. The standard InChI is InChI=1S/C11H7BrClN5/c12-8-5-14-11(13)17-10(8)16-7-1-2-9-6(3-7)4-15-18-9/h1-5H,(H,15,18)(H,14,16,17). The number of nitrogens with zero attached hydrogens (tertiary/aromatic N) is 3. The summed E-state index contributed by atoms with van der Waals surface area (Å²) in [6.07, 6.45) is 3.37. The summed E-state index contributed by atoms with van der Waals surface area (Å²) in [5.41, 5.74) is 1.89. The largest absolute Gasteiger partial charge is 0.339 e. The van der Waals surface area contributed by atoms with Gasteiger partial charge in [-0.2, -0.15) is 10.1 Å². The minimum Gasteiger partial charge on any atom is -0.339 e. The van der Waals surface area contributed by atoms with Gasteiger partial charge in [0.25, 0.3) is 0 Å². The maximum atomic E-state index is 5.76. The number of rotatable bonds is 2. The Hall–Kier alpha value is -1.66. The maximum Gasteiger partial charge on any atom is 0.224 e. The van der Waals surface area contributed by atoms with Crippen molar-refractivity contribution in [1.82, 2.24) is 20.2 Å². The van der Waals surface area contributed by atoms with Crippen LogP contribution < -0.4 is 5.32 Å². The van der Waals surface area contributed by atoms with Gasteiger partial charge in [0.2, 0.25) is 5.28 Å². The van der Waals surface area contributed by atoms with E-state index in [0.29, 0.717) is 5.82 Å². The van der Waals surface area contributed by atoms with Gasteiger partial charge in [-0.25, -0.2) is 4.98 Å². The minimum atomic E-state index is 0.199. The second-order valence-corrected chi connectivity index (χ2v) is 4.83. The third kappa shape index (κ3) is 2.16. The number of aromatic nitrogens is 4. The smallest absolute Gasteiger partial charge is 0.224 e. The predicted molar refractivity (Wildman–Crippen MR) is 74.1 cm³/mol. The van der Waals surface area contributed by atoms with Gasteiger partial charge in [0.15, 0.2) is 0 Å². The van der Waals surface area contributed by atoms with Crippen molar-refractivity contribution in [2.75, 3.05) is 5.32 Å². The number of nitrogens with one attached hydrogen (secondary N) is 2. The molecule has 0 bridgehead atoms. The van der Waals surface area contributed by atoms with Crippen LogP contribution in [0.15, 0.2) is 35.1 Å². The van der Waals surface area contributed by atoms with E-state index >= 15 is 0 Å². The van der Waals surface area contributed by atoms with Crippen molar-refractivity contribution in [3.63, 3.8) is 0 Å². The van der Waals surface area contributed by atoms with Gasteiger partial charge in [-0.3, -0.25) is 5.10 Å². The van der Waals surface area contributed by atoms with Gasteiger partial charge in [0.05, 0.1) is 16.2 Å². The van der Waals surface area contributed by atoms with Gasteiger partial charge in [-0.05, 0) is 45.7 Å². The summed E-state index contributed by atoms with van der Waals surface area (Å²) >= 11 is 9.13. The van der Waals surface area contributed by atoms with E-state index in [1.165, 1.54) is 0 Å². The molecule has 0 aliphatic heterocycles. The molecule has 3 aromatic rings. The highest BCUT2D eigenvalue weighted by Crippen LogP contribution is 2.25. The Morgan fingerprint density at radius 1 is 1.28 bits per heavy atom. The number of aromatic amines is 1. The van der Waals surface area contributed by atoms with Crippen molar-refractivity contribution in [2.45, 2.75) is 0 Å². The highest BCUT2D eigenvalue weighted by Gasteiger charge is 2.05. The van der Waals surface area contributed by atoms with Crippen LogP contribution >= 0.6 is 27.5 Å². The number of hydrogen-bond donors (Lipinski definition) is 2. The molecule has 1 aromatic carbocycles. The first-order valence-corrected chi connectivity index (χ1v) is 6.28. The molecular formula is C11H7BrClN5. The number of fused-ring (bicyclic) bond motifs is 1. The lowest BCUT2D eigenvalue weighted by Gasteiger charge is -2.07. The molecule has 90 valence electrons. The SMILES string of the molecule is Clc1ncc(Br)c(Nc2ccc3[nH]ncc3c2)n1. The molecular weight excluding hydrogens is 318 g/mol. The van der Waals surface area contributed by atoms with Crippen LogP contribution in [0.2, 0.25) is 5.28 Å². The summed E-state index contributed by atoms with van der Waals surface area (Å²) in [5, 5.41) is 11.3. The minimum absolute atomic E-state index is 0.199. The zero-order valence-corrected chi connectivity index (χ0v) is 11.3. The molecule has 0 fully saturated rings. The fraction of sp³-hybridized carbons (Fsp3) is 0. The molecule has 2 N–H and O–H groups in total. The molecule has 7 heteroatoms. The Morgan fingerprint density at radius 3 is 3.06 bits per heavy atom. The van der Waals surface area contributed by atoms with Gasteiger partial charge in [0, 0.05) is 17.3 Å². The van der Waals surface area contributed by atoms with E-state index < -0.39 is 0 Å². The van der Waals surface area contributed by atoms with Crippen LogP contribution in [-0.4, -0.2) is 20.2 Å². The first kappa shape index (κ1) is 11.4. The quantitative estimate of drug-likeness (QED) is 0.708. The van der Waals surface area contributed by atoms with E-state index in [4.69, 9.17) is 11.6 Å². The van der Waals surface area contributed by atoms with Crippen LogP contribution in [0.25, 0.3) is 10.9 Å². The molecule has 18 heavy (non-hydrogen) atoms. The molecule has 0 unspecified atom stereocenters. The lowest BCUT2D eigenvalue weighted by molar-refractivity contribution is 1.12. The van der Waals surface area contributed by atoms with E-state index in [1.54, 1.807) is 12.4 Å². The molecule has 0 amide bonds. The first-order chi connectivity index (χ1) is 8.72. The lowest BCUT2D eigenvalue weighted by Crippen LogP contribution is -1.96. The first-order valence-electron chi connectivity index (χ1n) is 5.10. The second-order valence-electron chi connectivity index (χ2n) is 3.63. The van der Waals surface area contributed by atoms with Crippen LogP contribution in [-0.2, 0) is 0 Å². The average Bonchev–Trinajstić information content (AvgIpc) is 2.81. The molecule has 5 nitrogen and oxygen atoms in total. The number of anilines is 2. The highest BCUT2D eigenvalue weighted by atomic mass is 79.9. The normalized spacial score (nSPS) is 10.8.